The van der Waals surface area contributed by atoms with Crippen LogP contribution in [0.2, 0.25) is 0 Å². The molecule has 0 aliphatic carbocycles. The highest BCUT2D eigenvalue weighted by molar-refractivity contribution is 6.21. The summed E-state index contributed by atoms with van der Waals surface area (Å²) in [5.74, 6) is 0.0730. The second-order valence-corrected chi connectivity index (χ2v) is 14.7. The van der Waals surface area contributed by atoms with Gasteiger partial charge in [-0.3, -0.25) is 24.2 Å². The molecule has 0 spiro atoms. The first-order chi connectivity index (χ1) is 24.5. The van der Waals surface area contributed by atoms with Crippen molar-refractivity contribution < 1.29 is 24.3 Å². The van der Waals surface area contributed by atoms with Crippen molar-refractivity contribution in [1.82, 2.24) is 24.3 Å². The minimum absolute atomic E-state index is 0.0548. The van der Waals surface area contributed by atoms with Crippen molar-refractivity contribution >= 4 is 45.6 Å². The van der Waals surface area contributed by atoms with Crippen LogP contribution in [0.5, 0.6) is 0 Å². The Morgan fingerprint density at radius 3 is 2.25 bits per heavy atom. The minimum Gasteiger partial charge on any atom is -0.465 e. The number of carboxylic acid groups (broad SMARTS) is 1. The van der Waals surface area contributed by atoms with Crippen LogP contribution in [0.25, 0.3) is 21.8 Å². The summed E-state index contributed by atoms with van der Waals surface area (Å²) in [7, 11) is 0. The summed E-state index contributed by atoms with van der Waals surface area (Å²) in [6.45, 7) is 7.19. The molecule has 2 atom stereocenters. The lowest BCUT2D eigenvalue weighted by Crippen LogP contribution is -2.54. The fourth-order valence-corrected chi connectivity index (χ4v) is 7.91. The molecule has 0 unspecified atom stereocenters. The summed E-state index contributed by atoms with van der Waals surface area (Å²) in [6.07, 6.45) is 1.01. The van der Waals surface area contributed by atoms with Crippen LogP contribution >= 0.6 is 0 Å². The van der Waals surface area contributed by atoms with Crippen LogP contribution in [0.15, 0.2) is 91.0 Å². The summed E-state index contributed by atoms with van der Waals surface area (Å²) in [5.41, 5.74) is 2.83. The molecule has 5 aromatic rings. The lowest BCUT2D eigenvalue weighted by atomic mass is 9.93. The van der Waals surface area contributed by atoms with E-state index < -0.39 is 17.7 Å². The van der Waals surface area contributed by atoms with Gasteiger partial charge in [0.05, 0.1) is 22.2 Å². The standard InChI is InChI=1S/C41H43N5O5/c1-41(2,3)46(40(50)51)31(24-27-18-19-28-11-4-5-12-29(28)23-27)25-36(47)43-20-10-13-30(26-43)37-42-34-16-8-9-17-35(34)44(37)21-22-45-38(48)32-14-6-7-15-33(32)39(45)49/h4-9,11-12,14-19,23,30-31H,10,13,20-22,24-26H2,1-3H3,(H,50,51)/t30-,31-/m1/s1. The molecule has 262 valence electrons. The van der Waals surface area contributed by atoms with Crippen LogP contribution in [-0.4, -0.2) is 84.4 Å². The molecule has 4 aromatic carbocycles. The molecule has 4 amide bonds. The molecule has 10 heteroatoms. The molecule has 0 radical (unpaired) electrons. The minimum atomic E-state index is -1.05. The van der Waals surface area contributed by atoms with Gasteiger partial charge < -0.3 is 14.6 Å². The Kier molecular flexibility index (Phi) is 9.10. The van der Waals surface area contributed by atoms with Gasteiger partial charge in [-0.2, -0.15) is 0 Å². The van der Waals surface area contributed by atoms with Crippen LogP contribution in [0.1, 0.15) is 78.1 Å². The number of fused-ring (bicyclic) bond motifs is 3. The van der Waals surface area contributed by atoms with Crippen molar-refractivity contribution in [3.8, 4) is 0 Å². The lowest BCUT2D eigenvalue weighted by molar-refractivity contribution is -0.134. The van der Waals surface area contributed by atoms with Crippen molar-refractivity contribution in [1.29, 1.82) is 0 Å². The Labute approximate surface area is 297 Å². The number of carbonyl (C=O) groups excluding carboxylic acids is 3. The molecular weight excluding hydrogens is 642 g/mol. The molecule has 51 heavy (non-hydrogen) atoms. The lowest BCUT2D eigenvalue weighted by Gasteiger charge is -2.41. The van der Waals surface area contributed by atoms with Crippen molar-refractivity contribution in [2.75, 3.05) is 19.6 Å². The predicted octanol–water partition coefficient (Wildman–Crippen LogP) is 6.97. The Morgan fingerprint density at radius 1 is 0.882 bits per heavy atom. The first kappa shape index (κ1) is 34.0. The Hall–Kier alpha value is -5.51. The molecule has 0 saturated carbocycles. The number of para-hydroxylation sites is 2. The topological polar surface area (TPSA) is 116 Å². The third-order valence-corrected chi connectivity index (χ3v) is 10.2. The molecule has 1 aromatic heterocycles. The Bertz CT molecular complexity index is 2110. The van der Waals surface area contributed by atoms with Crippen LogP contribution in [0.3, 0.4) is 0 Å². The first-order valence-corrected chi connectivity index (χ1v) is 17.7. The zero-order valence-corrected chi connectivity index (χ0v) is 29.3. The average Bonchev–Trinajstić information content (AvgIpc) is 3.60. The van der Waals surface area contributed by atoms with Gasteiger partial charge in [-0.25, -0.2) is 9.78 Å². The average molecular weight is 686 g/mol. The van der Waals surface area contributed by atoms with E-state index in [9.17, 15) is 24.3 Å². The third-order valence-electron chi connectivity index (χ3n) is 10.2. The van der Waals surface area contributed by atoms with Crippen LogP contribution in [0.4, 0.5) is 4.79 Å². The summed E-state index contributed by atoms with van der Waals surface area (Å²) in [6, 6.07) is 28.4. The van der Waals surface area contributed by atoms with Gasteiger partial charge in [0.15, 0.2) is 0 Å². The summed E-state index contributed by atoms with van der Waals surface area (Å²) >= 11 is 0. The maximum Gasteiger partial charge on any atom is 0.408 e. The number of imidazole rings is 1. The number of aromatic nitrogens is 2. The number of hydrogen-bond acceptors (Lipinski definition) is 5. The van der Waals surface area contributed by atoms with Gasteiger partial charge in [0.25, 0.3) is 11.8 Å². The van der Waals surface area contributed by atoms with E-state index in [2.05, 4.69) is 10.6 Å². The SMILES string of the molecule is CC(C)(C)N(C(=O)O)[C@@H](CC(=O)N1CCC[C@@H](c2nc3ccccc3n2CCN2C(=O)c3ccccc3C2=O)C1)Cc1ccc2ccccc2c1. The highest BCUT2D eigenvalue weighted by atomic mass is 16.4. The quantitative estimate of drug-likeness (QED) is 0.168. The van der Waals surface area contributed by atoms with Crippen molar-refractivity contribution in [3.63, 3.8) is 0 Å². The third kappa shape index (κ3) is 6.70. The van der Waals surface area contributed by atoms with E-state index in [1.54, 1.807) is 24.3 Å². The van der Waals surface area contributed by atoms with Crippen LogP contribution in [-0.2, 0) is 17.8 Å². The van der Waals surface area contributed by atoms with Gasteiger partial charge in [-0.15, -0.1) is 0 Å². The number of carbonyl (C=O) groups is 4. The van der Waals surface area contributed by atoms with Crippen LogP contribution < -0.4 is 0 Å². The van der Waals surface area contributed by atoms with E-state index in [1.807, 2.05) is 86.3 Å². The van der Waals surface area contributed by atoms with Gasteiger partial charge in [-0.05, 0) is 80.6 Å². The smallest absolute Gasteiger partial charge is 0.408 e. The fraction of sp³-hybridized carbons (Fsp3) is 0.341. The molecule has 2 aliphatic heterocycles. The van der Waals surface area contributed by atoms with Gasteiger partial charge in [-0.1, -0.05) is 66.7 Å². The van der Waals surface area contributed by atoms with E-state index in [4.69, 9.17) is 4.98 Å². The van der Waals surface area contributed by atoms with Gasteiger partial charge in [0.2, 0.25) is 5.91 Å². The number of piperidine rings is 1. The Balaban J connectivity index is 1.12. The van der Waals surface area contributed by atoms with Gasteiger partial charge in [0.1, 0.15) is 5.82 Å². The molecule has 1 saturated heterocycles. The molecule has 3 heterocycles. The first-order valence-electron chi connectivity index (χ1n) is 17.7. The maximum atomic E-state index is 14.2. The second kappa shape index (κ2) is 13.7. The molecule has 10 nitrogen and oxygen atoms in total. The Morgan fingerprint density at radius 2 is 1.55 bits per heavy atom. The summed E-state index contributed by atoms with van der Waals surface area (Å²) in [5, 5.41) is 12.6. The summed E-state index contributed by atoms with van der Waals surface area (Å²) < 4.78 is 2.09. The van der Waals surface area contributed by atoms with Crippen LogP contribution in [0, 0.1) is 0 Å². The van der Waals surface area contributed by atoms with E-state index in [1.165, 1.54) is 9.80 Å². The number of likely N-dealkylation sites (tertiary alicyclic amines) is 1. The van der Waals surface area contributed by atoms with E-state index in [-0.39, 0.29) is 36.6 Å². The normalized spacial score (nSPS) is 16.9. The molecule has 1 N–H and O–H groups in total. The zero-order chi connectivity index (χ0) is 35.9. The largest absolute Gasteiger partial charge is 0.465 e. The number of benzene rings is 4. The van der Waals surface area contributed by atoms with E-state index in [0.717, 1.165) is 46.0 Å². The van der Waals surface area contributed by atoms with Gasteiger partial charge in [0, 0.05) is 50.1 Å². The monoisotopic (exact) mass is 685 g/mol. The van der Waals surface area contributed by atoms with Gasteiger partial charge >= 0.3 is 6.09 Å². The molecule has 0 bridgehead atoms. The van der Waals surface area contributed by atoms with E-state index in [0.29, 0.717) is 37.2 Å². The second-order valence-electron chi connectivity index (χ2n) is 14.7. The number of nitrogens with zero attached hydrogens (tertiary/aromatic N) is 5. The number of hydrogen-bond donors (Lipinski definition) is 1. The molecule has 2 aliphatic rings. The highest BCUT2D eigenvalue weighted by Crippen LogP contribution is 2.32. The molecule has 1 fully saturated rings. The fourth-order valence-electron chi connectivity index (χ4n) is 7.91. The van der Waals surface area contributed by atoms with Crippen molar-refractivity contribution in [2.45, 2.75) is 70.5 Å². The molecular formula is C41H43N5O5. The van der Waals surface area contributed by atoms with Crippen molar-refractivity contribution in [3.05, 3.63) is 114 Å². The number of rotatable bonds is 9. The number of amides is 4. The summed E-state index contributed by atoms with van der Waals surface area (Å²) in [4.78, 5) is 62.8. The predicted molar refractivity (Wildman–Crippen MR) is 196 cm³/mol. The number of imide groups is 1. The maximum absolute atomic E-state index is 14.2. The molecule has 7 rings (SSSR count). The van der Waals surface area contributed by atoms with E-state index >= 15 is 0 Å². The zero-order valence-electron chi connectivity index (χ0n) is 29.3. The van der Waals surface area contributed by atoms with Crippen molar-refractivity contribution in [2.24, 2.45) is 0 Å². The highest BCUT2D eigenvalue weighted by Gasteiger charge is 2.38.